The predicted molar refractivity (Wildman–Crippen MR) is 133 cm³/mol. The minimum atomic E-state index is -3.48. The zero-order chi connectivity index (χ0) is 24.3. The highest BCUT2D eigenvalue weighted by Gasteiger charge is 2.32. The van der Waals surface area contributed by atoms with Gasteiger partial charge in [0.05, 0.1) is 17.9 Å². The molecule has 0 unspecified atom stereocenters. The lowest BCUT2D eigenvalue weighted by Gasteiger charge is -2.15. The smallest absolute Gasteiger partial charge is 0.218 e. The van der Waals surface area contributed by atoms with Crippen molar-refractivity contribution in [3.05, 3.63) is 70.3 Å². The van der Waals surface area contributed by atoms with Gasteiger partial charge < -0.3 is 5.32 Å². The van der Waals surface area contributed by atoms with Crippen molar-refractivity contribution in [1.29, 1.82) is 0 Å². The molecule has 1 saturated carbocycles. The van der Waals surface area contributed by atoms with E-state index in [0.717, 1.165) is 22.9 Å². The number of benzene rings is 1. The van der Waals surface area contributed by atoms with Crippen LogP contribution in [0.3, 0.4) is 0 Å². The van der Waals surface area contributed by atoms with Crippen molar-refractivity contribution in [2.75, 3.05) is 11.1 Å². The van der Waals surface area contributed by atoms with Gasteiger partial charge in [0.15, 0.2) is 0 Å². The molecule has 2 aromatic heterocycles. The first-order valence-electron chi connectivity index (χ1n) is 11.1. The molecule has 9 nitrogen and oxygen atoms in total. The Labute approximate surface area is 207 Å². The molecule has 0 amide bonds. The van der Waals surface area contributed by atoms with E-state index in [4.69, 9.17) is 5.14 Å². The Balaban J connectivity index is 1.44. The number of sulfonamides is 1. The Bertz CT molecular complexity index is 1280. The molecule has 3 aromatic rings. The maximum atomic E-state index is 13.2. The van der Waals surface area contributed by atoms with Crippen LogP contribution in [0.4, 0.5) is 5.82 Å². The number of nitrogens with one attached hydrogen (secondary N) is 1. The van der Waals surface area contributed by atoms with Gasteiger partial charge >= 0.3 is 0 Å². The Morgan fingerprint density at radius 2 is 2.12 bits per heavy atom. The van der Waals surface area contributed by atoms with Crippen molar-refractivity contribution in [2.45, 2.75) is 38.8 Å². The highest BCUT2D eigenvalue weighted by molar-refractivity contribution is 9.10. The number of halogens is 1. The van der Waals surface area contributed by atoms with E-state index in [0.29, 0.717) is 36.0 Å². The molecule has 4 rings (SSSR count). The fourth-order valence-corrected chi connectivity index (χ4v) is 5.58. The molecule has 0 spiro atoms. The maximum Gasteiger partial charge on any atom is 0.218 e. The fraction of sp³-hybridized carbons (Fsp3) is 0.391. The number of rotatable bonds is 9. The van der Waals surface area contributed by atoms with Gasteiger partial charge in [-0.25, -0.2) is 23.5 Å². The van der Waals surface area contributed by atoms with E-state index in [-0.39, 0.29) is 23.5 Å². The van der Waals surface area contributed by atoms with Crippen molar-refractivity contribution < 1.29 is 13.2 Å². The van der Waals surface area contributed by atoms with Crippen LogP contribution in [0.15, 0.2) is 53.5 Å². The van der Waals surface area contributed by atoms with E-state index in [1.165, 1.54) is 12.5 Å². The van der Waals surface area contributed by atoms with Crippen LogP contribution in [0, 0.1) is 11.8 Å². The van der Waals surface area contributed by atoms with Crippen LogP contribution >= 0.6 is 15.9 Å². The van der Waals surface area contributed by atoms with E-state index >= 15 is 0 Å². The molecule has 3 N–H and O–H groups in total. The van der Waals surface area contributed by atoms with E-state index in [1.807, 2.05) is 24.3 Å². The summed E-state index contributed by atoms with van der Waals surface area (Å²) in [4.78, 5) is 21.6. The molecule has 0 bridgehead atoms. The lowest BCUT2D eigenvalue weighted by Crippen LogP contribution is -2.21. The highest BCUT2D eigenvalue weighted by Crippen LogP contribution is 2.36. The quantitative estimate of drug-likeness (QED) is 0.393. The third kappa shape index (κ3) is 6.28. The largest absolute Gasteiger partial charge is 0.367 e. The molecule has 34 heavy (non-hydrogen) atoms. The number of carbonyl (C=O) groups is 1. The molecular weight excluding hydrogens is 520 g/mol. The molecule has 180 valence electrons. The van der Waals surface area contributed by atoms with Crippen LogP contribution in [0.2, 0.25) is 0 Å². The van der Waals surface area contributed by atoms with Crippen molar-refractivity contribution >= 4 is 37.6 Å². The van der Waals surface area contributed by atoms with Crippen LogP contribution in [-0.2, 0) is 16.6 Å². The fourth-order valence-electron chi connectivity index (χ4n) is 4.51. The van der Waals surface area contributed by atoms with Crippen LogP contribution in [0.1, 0.15) is 47.8 Å². The zero-order valence-electron chi connectivity index (χ0n) is 18.8. The third-order valence-corrected chi connectivity index (χ3v) is 7.52. The number of aromatic nitrogens is 4. The van der Waals surface area contributed by atoms with Gasteiger partial charge in [0.25, 0.3) is 0 Å². The summed E-state index contributed by atoms with van der Waals surface area (Å²) in [5.74, 6) is 0.771. The SMILES string of the molecule is C[C@H]1C[C@H](Nc2ncncc2C(=O)c2ccn(Cc3cccc(Br)c3)n2)C[C@H]1CCS(N)(=O)=O. The molecule has 0 aliphatic heterocycles. The van der Waals surface area contributed by atoms with Gasteiger partial charge in [-0.3, -0.25) is 9.48 Å². The molecule has 1 aromatic carbocycles. The number of hydrogen-bond acceptors (Lipinski definition) is 7. The lowest BCUT2D eigenvalue weighted by molar-refractivity contribution is 0.103. The lowest BCUT2D eigenvalue weighted by atomic mass is 9.96. The van der Waals surface area contributed by atoms with Gasteiger partial charge in [0, 0.05) is 22.9 Å². The van der Waals surface area contributed by atoms with Crippen molar-refractivity contribution in [3.63, 3.8) is 0 Å². The first kappa shape index (κ1) is 24.5. The topological polar surface area (TPSA) is 133 Å². The molecule has 3 atom stereocenters. The van der Waals surface area contributed by atoms with E-state index in [9.17, 15) is 13.2 Å². The minimum Gasteiger partial charge on any atom is -0.367 e. The zero-order valence-corrected chi connectivity index (χ0v) is 21.2. The van der Waals surface area contributed by atoms with Crippen LogP contribution in [-0.4, -0.2) is 45.7 Å². The maximum absolute atomic E-state index is 13.2. The van der Waals surface area contributed by atoms with Gasteiger partial charge in [0.1, 0.15) is 17.8 Å². The summed E-state index contributed by atoms with van der Waals surface area (Å²) in [5, 5.41) is 13.0. The molecule has 1 aliphatic rings. The standard InChI is InChI=1S/C23H27BrN6O3S/c1-15-9-19(11-17(15)6-8-34(25,32)33)28-23-20(12-26-14-27-23)22(31)21-5-7-30(29-21)13-16-3-2-4-18(24)10-16/h2-5,7,10,12,14-15,17,19H,6,8-9,11,13H2,1H3,(H2,25,32,33)(H,26,27,28)/t15-,17+,19-/m0/s1. The second-order valence-corrected chi connectivity index (χ2v) is 11.5. The first-order chi connectivity index (χ1) is 16.2. The van der Waals surface area contributed by atoms with Crippen LogP contribution < -0.4 is 10.5 Å². The average Bonchev–Trinajstić information content (AvgIpc) is 3.38. The van der Waals surface area contributed by atoms with E-state index < -0.39 is 10.0 Å². The van der Waals surface area contributed by atoms with Crippen molar-refractivity contribution in [1.82, 2.24) is 19.7 Å². The summed E-state index contributed by atoms with van der Waals surface area (Å²) in [6.07, 6.45) is 6.86. The van der Waals surface area contributed by atoms with Gasteiger partial charge in [-0.15, -0.1) is 0 Å². The van der Waals surface area contributed by atoms with Crippen molar-refractivity contribution in [3.8, 4) is 0 Å². The van der Waals surface area contributed by atoms with E-state index in [2.05, 4.69) is 43.2 Å². The number of anilines is 1. The Kier molecular flexibility index (Phi) is 7.44. The summed E-state index contributed by atoms with van der Waals surface area (Å²) < 4.78 is 25.4. The number of nitrogens with zero attached hydrogens (tertiary/aromatic N) is 4. The van der Waals surface area contributed by atoms with Gasteiger partial charge in [-0.2, -0.15) is 5.10 Å². The molecule has 1 aliphatic carbocycles. The minimum absolute atomic E-state index is 0.0193. The summed E-state index contributed by atoms with van der Waals surface area (Å²) >= 11 is 3.47. The molecular formula is C23H27BrN6O3S. The monoisotopic (exact) mass is 546 g/mol. The molecule has 11 heteroatoms. The van der Waals surface area contributed by atoms with E-state index in [1.54, 1.807) is 16.9 Å². The van der Waals surface area contributed by atoms with Gasteiger partial charge in [-0.05, 0) is 54.9 Å². The Morgan fingerprint density at radius 1 is 1.29 bits per heavy atom. The average molecular weight is 547 g/mol. The third-order valence-electron chi connectivity index (χ3n) is 6.23. The number of primary sulfonamides is 1. The summed E-state index contributed by atoms with van der Waals surface area (Å²) in [7, 11) is -3.48. The Morgan fingerprint density at radius 3 is 2.88 bits per heavy atom. The number of carbonyl (C=O) groups excluding carboxylic acids is 1. The summed E-state index contributed by atoms with van der Waals surface area (Å²) in [5.41, 5.74) is 1.74. The van der Waals surface area contributed by atoms with Gasteiger partial charge in [-0.1, -0.05) is 35.0 Å². The molecule has 0 radical (unpaired) electrons. The summed E-state index contributed by atoms with van der Waals surface area (Å²) in [6, 6.07) is 9.69. The molecule has 0 saturated heterocycles. The number of ketones is 1. The predicted octanol–water partition coefficient (Wildman–Crippen LogP) is 3.22. The Hall–Kier alpha value is -2.63. The second-order valence-electron chi connectivity index (χ2n) is 8.85. The van der Waals surface area contributed by atoms with Crippen LogP contribution in [0.5, 0.6) is 0 Å². The second kappa shape index (κ2) is 10.3. The summed E-state index contributed by atoms with van der Waals surface area (Å²) in [6.45, 7) is 2.66. The van der Waals surface area contributed by atoms with Crippen molar-refractivity contribution in [2.24, 2.45) is 17.0 Å². The van der Waals surface area contributed by atoms with Crippen LogP contribution in [0.25, 0.3) is 0 Å². The molecule has 2 heterocycles. The number of nitrogens with two attached hydrogens (primary N) is 1. The van der Waals surface area contributed by atoms with Gasteiger partial charge in [0.2, 0.25) is 15.8 Å². The normalized spacial score (nSPS) is 20.4. The number of hydrogen-bond donors (Lipinski definition) is 2. The highest BCUT2D eigenvalue weighted by atomic mass is 79.9. The first-order valence-corrected chi connectivity index (χ1v) is 13.6. The molecule has 1 fully saturated rings.